The van der Waals surface area contributed by atoms with Crippen LogP contribution >= 0.6 is 90.4 Å². The molecular formula is C32H21I4NaO8. The molecular weight excluding hydrogens is 1040 g/mol. The first kappa shape index (κ1) is 36.8. The Labute approximate surface area is 335 Å². The first-order valence-corrected chi connectivity index (χ1v) is 17.3. The Kier molecular flexibility index (Phi) is 12.3. The van der Waals surface area contributed by atoms with Crippen molar-refractivity contribution in [1.29, 1.82) is 0 Å². The molecule has 13 heteroatoms. The summed E-state index contributed by atoms with van der Waals surface area (Å²) in [5.74, 6) is -1.04. The standard InChI is InChI=1S/C32H22I4O8.Na/c1-32(2,3)44-43-30(39)16-10-8-15(9-11-16)14-41-31(40)18-7-5-4-6-17(18)23-19-12-21(33)26(37)24(35)28(19)42-29-20(23)13-22(34)27(38)25(29)36;/h4-13,37H,14H2,1-3H3;/q;+1/p-1. The molecule has 2 aliphatic rings. The van der Waals surface area contributed by atoms with Gasteiger partial charge in [-0.2, -0.15) is 4.89 Å². The fourth-order valence-electron chi connectivity index (χ4n) is 4.33. The van der Waals surface area contributed by atoms with Crippen molar-refractivity contribution in [1.82, 2.24) is 0 Å². The van der Waals surface area contributed by atoms with E-state index in [1.807, 2.05) is 96.4 Å². The van der Waals surface area contributed by atoms with Crippen LogP contribution in [0.4, 0.5) is 0 Å². The predicted molar refractivity (Wildman–Crippen MR) is 197 cm³/mol. The molecule has 226 valence electrons. The van der Waals surface area contributed by atoms with Crippen molar-refractivity contribution in [3.8, 4) is 28.2 Å². The van der Waals surface area contributed by atoms with Crippen LogP contribution in [0.25, 0.3) is 33.4 Å². The Hall–Kier alpha value is -1.03. The minimum absolute atomic E-state index is 0. The van der Waals surface area contributed by atoms with E-state index in [4.69, 9.17) is 18.9 Å². The molecule has 3 aromatic rings. The number of esters is 1. The number of carbonyl (C=O) groups is 2. The third kappa shape index (κ3) is 8.00. The topological polar surface area (TPSA) is 115 Å². The van der Waals surface area contributed by atoms with Crippen molar-refractivity contribution < 1.29 is 63.2 Å². The Morgan fingerprint density at radius 3 is 2.20 bits per heavy atom. The molecule has 0 unspecified atom stereocenters. The average Bonchev–Trinajstić information content (AvgIpc) is 2.99. The van der Waals surface area contributed by atoms with Crippen LogP contribution in [0.3, 0.4) is 0 Å². The summed E-state index contributed by atoms with van der Waals surface area (Å²) in [5.41, 5.74) is 2.63. The molecule has 0 fully saturated rings. The molecule has 1 aliphatic carbocycles. The predicted octanol–water partition coefficient (Wildman–Crippen LogP) is 5.30. The van der Waals surface area contributed by atoms with Crippen LogP contribution in [0.15, 0.2) is 69.9 Å². The molecule has 0 atom stereocenters. The SMILES string of the molecule is CC(C)(C)OOC(=O)c1ccc(COC(=O)c2ccccc2-c2c3cc(I)c(=O)c(I)c-3oc3c(I)c([O-])c(I)cc23)cc1.[Na+]. The Balaban J connectivity index is 0.00000461. The molecule has 1 aliphatic heterocycles. The molecule has 0 spiro atoms. The maximum atomic E-state index is 13.6. The Morgan fingerprint density at radius 1 is 0.867 bits per heavy atom. The van der Waals surface area contributed by atoms with Gasteiger partial charge < -0.3 is 14.3 Å². The van der Waals surface area contributed by atoms with Crippen molar-refractivity contribution in [2.24, 2.45) is 0 Å². The van der Waals surface area contributed by atoms with Crippen molar-refractivity contribution >= 4 is 113 Å². The molecule has 0 bridgehead atoms. The zero-order valence-electron chi connectivity index (χ0n) is 24.3. The van der Waals surface area contributed by atoms with Gasteiger partial charge in [-0.1, -0.05) is 36.1 Å². The summed E-state index contributed by atoms with van der Waals surface area (Å²) >= 11 is 7.90. The smallest absolute Gasteiger partial charge is 0.871 e. The average molecular weight is 1060 g/mol. The third-order valence-corrected chi connectivity index (χ3v) is 9.91. The van der Waals surface area contributed by atoms with Gasteiger partial charge in [-0.05, 0) is 153 Å². The van der Waals surface area contributed by atoms with E-state index in [-0.39, 0.29) is 47.3 Å². The van der Waals surface area contributed by atoms with Gasteiger partial charge in [0.25, 0.3) is 0 Å². The maximum absolute atomic E-state index is 13.6. The van der Waals surface area contributed by atoms with Gasteiger partial charge in [0.2, 0.25) is 5.43 Å². The Morgan fingerprint density at radius 2 is 1.53 bits per heavy atom. The quantitative estimate of drug-likeness (QED) is 0.0563. The van der Waals surface area contributed by atoms with Crippen molar-refractivity contribution in [2.75, 3.05) is 0 Å². The monoisotopic (exact) mass is 1060 g/mol. The number of ether oxygens (including phenoxy) is 1. The van der Waals surface area contributed by atoms with Gasteiger partial charge in [-0.25, -0.2) is 9.59 Å². The largest absolute Gasteiger partial charge is 1.00 e. The minimum Gasteiger partial charge on any atom is -0.871 e. The first-order chi connectivity index (χ1) is 20.8. The summed E-state index contributed by atoms with van der Waals surface area (Å²) in [4.78, 5) is 48.6. The van der Waals surface area contributed by atoms with Crippen LogP contribution in [0, 0.1) is 14.3 Å². The molecule has 45 heavy (non-hydrogen) atoms. The molecule has 5 rings (SSSR count). The summed E-state index contributed by atoms with van der Waals surface area (Å²) < 4.78 is 13.7. The van der Waals surface area contributed by atoms with Crippen LogP contribution in [-0.4, -0.2) is 17.5 Å². The molecule has 1 heterocycles. The molecule has 0 amide bonds. The molecule has 0 N–H and O–H groups in total. The van der Waals surface area contributed by atoms with E-state index >= 15 is 0 Å². The summed E-state index contributed by atoms with van der Waals surface area (Å²) in [7, 11) is 0. The second-order valence-corrected chi connectivity index (χ2v) is 15.1. The third-order valence-electron chi connectivity index (χ3n) is 6.35. The van der Waals surface area contributed by atoms with E-state index in [9.17, 15) is 19.5 Å². The summed E-state index contributed by atoms with van der Waals surface area (Å²) in [5, 5.41) is 13.5. The number of hydrogen-bond donors (Lipinski definition) is 0. The van der Waals surface area contributed by atoms with Crippen LogP contribution in [-0.2, 0) is 21.1 Å². The van der Waals surface area contributed by atoms with E-state index < -0.39 is 17.5 Å². The first-order valence-electron chi connectivity index (χ1n) is 13.0. The minimum atomic E-state index is -0.640. The van der Waals surface area contributed by atoms with Crippen LogP contribution in [0.1, 0.15) is 47.1 Å². The number of hydrogen-bond acceptors (Lipinski definition) is 8. The van der Waals surface area contributed by atoms with Gasteiger partial charge in [0.15, 0.2) is 5.76 Å². The van der Waals surface area contributed by atoms with Crippen molar-refractivity contribution in [3.05, 3.63) is 102 Å². The molecule has 0 aromatic heterocycles. The number of fused-ring (bicyclic) bond motifs is 2. The van der Waals surface area contributed by atoms with Gasteiger partial charge in [0.05, 0.1) is 14.7 Å². The molecule has 0 saturated carbocycles. The van der Waals surface area contributed by atoms with E-state index in [2.05, 4.69) is 0 Å². The Bertz CT molecular complexity index is 1970. The normalized spacial score (nSPS) is 11.4. The second kappa shape index (κ2) is 15.0. The van der Waals surface area contributed by atoms with Crippen molar-refractivity contribution in [2.45, 2.75) is 33.0 Å². The fraction of sp³-hybridized carbons (Fsp3) is 0.156. The van der Waals surface area contributed by atoms with E-state index in [1.54, 1.807) is 75.4 Å². The number of carbonyl (C=O) groups excluding carboxylic acids is 2. The molecule has 0 saturated heterocycles. The van der Waals surface area contributed by atoms with E-state index in [0.29, 0.717) is 64.4 Å². The van der Waals surface area contributed by atoms with E-state index in [1.165, 1.54) is 0 Å². The number of rotatable bonds is 6. The zero-order valence-corrected chi connectivity index (χ0v) is 34.9. The van der Waals surface area contributed by atoms with Gasteiger partial charge >= 0.3 is 41.5 Å². The zero-order chi connectivity index (χ0) is 31.9. The van der Waals surface area contributed by atoms with Crippen LogP contribution in [0.5, 0.6) is 5.75 Å². The number of halogens is 4. The second-order valence-electron chi connectivity index (χ2n) is 10.6. The number of benzene rings is 4. The maximum Gasteiger partial charge on any atom is 1.00 e. The summed E-state index contributed by atoms with van der Waals surface area (Å²) in [6, 6.07) is 17.0. The molecule has 3 aromatic carbocycles. The summed E-state index contributed by atoms with van der Waals surface area (Å²) in [6.45, 7) is 5.25. The van der Waals surface area contributed by atoms with Crippen molar-refractivity contribution in [3.63, 3.8) is 0 Å². The molecule has 8 nitrogen and oxygen atoms in total. The van der Waals surface area contributed by atoms with Gasteiger partial charge in [0, 0.05) is 23.7 Å². The van der Waals surface area contributed by atoms with Gasteiger partial charge in [0.1, 0.15) is 21.4 Å². The molecule has 0 radical (unpaired) electrons. The van der Waals surface area contributed by atoms with E-state index in [0.717, 1.165) is 0 Å². The van der Waals surface area contributed by atoms with Gasteiger partial charge in [-0.15, -0.1) is 0 Å². The van der Waals surface area contributed by atoms with Crippen LogP contribution < -0.4 is 40.1 Å². The summed E-state index contributed by atoms with van der Waals surface area (Å²) in [6.07, 6.45) is 0. The fourth-order valence-corrected chi connectivity index (χ4v) is 7.91. The van der Waals surface area contributed by atoms with Gasteiger partial charge in [-0.3, -0.25) is 9.68 Å². The van der Waals surface area contributed by atoms with Crippen LogP contribution in [0.2, 0.25) is 0 Å².